The fourth-order valence-electron chi connectivity index (χ4n) is 4.30. The van der Waals surface area contributed by atoms with Crippen LogP contribution in [-0.2, 0) is 12.6 Å². The maximum Gasteiger partial charge on any atom is 0.416 e. The number of hydrogen-bond donors (Lipinski definition) is 2. The van der Waals surface area contributed by atoms with Crippen molar-refractivity contribution < 1.29 is 22.4 Å². The highest BCUT2D eigenvalue weighted by atomic mass is 19.4. The number of carbonyl (C=O) groups is 1. The normalized spacial score (nSPS) is 14.6. The summed E-state index contributed by atoms with van der Waals surface area (Å²) in [5.74, 6) is 4.38. The number of nitrogens with two attached hydrogens (primary N) is 1. The minimum absolute atomic E-state index is 0.00421. The van der Waals surface area contributed by atoms with E-state index >= 15 is 0 Å². The summed E-state index contributed by atoms with van der Waals surface area (Å²) in [7, 11) is 2.00. The number of nitrogen functional groups attached to an aromatic ring is 1. The van der Waals surface area contributed by atoms with E-state index < -0.39 is 23.5 Å². The average molecular weight is 511 g/mol. The van der Waals surface area contributed by atoms with Gasteiger partial charge in [0.2, 0.25) is 0 Å². The highest BCUT2D eigenvalue weighted by molar-refractivity contribution is 6.04. The Hall–Kier alpha value is -3.90. The smallest absolute Gasteiger partial charge is 0.383 e. The van der Waals surface area contributed by atoms with E-state index in [0.717, 1.165) is 38.1 Å². The van der Waals surface area contributed by atoms with E-state index in [-0.39, 0.29) is 34.1 Å². The van der Waals surface area contributed by atoms with Crippen LogP contribution in [0.2, 0.25) is 0 Å². The van der Waals surface area contributed by atoms with Crippen LogP contribution in [0, 0.1) is 23.6 Å². The number of hydrogen-bond acceptors (Lipinski definition) is 4. The number of amides is 1. The number of halogens is 4. The quantitative estimate of drug-likeness (QED) is 0.366. The first-order chi connectivity index (χ1) is 17.6. The predicted octanol–water partition coefficient (Wildman–Crippen LogP) is 5.36. The molecule has 0 unspecified atom stereocenters. The molecule has 9 heteroatoms. The Morgan fingerprint density at radius 1 is 1.11 bits per heavy atom. The van der Waals surface area contributed by atoms with Crippen molar-refractivity contribution in [3.8, 4) is 11.8 Å². The number of anilines is 2. The van der Waals surface area contributed by atoms with Gasteiger partial charge < -0.3 is 16.0 Å². The number of nitrogens with zero attached hydrogens (tertiary/aromatic N) is 2. The Morgan fingerprint density at radius 3 is 2.54 bits per heavy atom. The molecule has 2 heterocycles. The van der Waals surface area contributed by atoms with Crippen molar-refractivity contribution in [3.05, 3.63) is 88.4 Å². The van der Waals surface area contributed by atoms with E-state index in [1.54, 1.807) is 12.1 Å². The molecule has 192 valence electrons. The Kier molecular flexibility index (Phi) is 7.79. The molecule has 0 spiro atoms. The van der Waals surface area contributed by atoms with E-state index in [4.69, 9.17) is 5.73 Å². The fourth-order valence-corrected chi connectivity index (χ4v) is 4.30. The zero-order valence-electron chi connectivity index (χ0n) is 20.2. The second-order valence-electron chi connectivity index (χ2n) is 9.16. The lowest BCUT2D eigenvalue weighted by atomic mass is 9.88. The summed E-state index contributed by atoms with van der Waals surface area (Å²) in [5.41, 5.74) is 5.60. The fraction of sp³-hybridized carbons (Fsp3) is 0.286. The van der Waals surface area contributed by atoms with Crippen LogP contribution >= 0.6 is 0 Å². The number of benzene rings is 2. The van der Waals surface area contributed by atoms with Crippen molar-refractivity contribution >= 4 is 17.4 Å². The number of carbonyl (C=O) groups excluding carboxylic acids is 1. The molecular weight excluding hydrogens is 484 g/mol. The summed E-state index contributed by atoms with van der Waals surface area (Å²) in [6.45, 7) is 1.72. The number of likely N-dealkylation sites (tertiary alicyclic amines) is 1. The highest BCUT2D eigenvalue weighted by Crippen LogP contribution is 2.36. The SMILES string of the molecule is CN1CCC(Cc2ccc(NC(=O)c3ccc(F)c(C#Cc4cccnc4N)c3)cc2C(F)(F)F)CC1. The van der Waals surface area contributed by atoms with Gasteiger partial charge in [0.25, 0.3) is 5.91 Å². The molecule has 0 aliphatic carbocycles. The van der Waals surface area contributed by atoms with Gasteiger partial charge in [-0.25, -0.2) is 9.37 Å². The molecule has 1 fully saturated rings. The maximum absolute atomic E-state index is 14.3. The van der Waals surface area contributed by atoms with Crippen molar-refractivity contribution in [1.29, 1.82) is 0 Å². The summed E-state index contributed by atoms with van der Waals surface area (Å²) in [4.78, 5) is 18.9. The first-order valence-electron chi connectivity index (χ1n) is 11.8. The predicted molar refractivity (Wildman–Crippen MR) is 134 cm³/mol. The molecule has 3 aromatic rings. The van der Waals surface area contributed by atoms with E-state index in [0.29, 0.717) is 12.0 Å². The van der Waals surface area contributed by atoms with Crippen molar-refractivity contribution in [2.75, 3.05) is 31.2 Å². The average Bonchev–Trinajstić information content (AvgIpc) is 2.86. The third-order valence-corrected chi connectivity index (χ3v) is 6.42. The Morgan fingerprint density at radius 2 is 1.84 bits per heavy atom. The van der Waals surface area contributed by atoms with Gasteiger partial charge in [0.15, 0.2) is 0 Å². The zero-order chi connectivity index (χ0) is 26.6. The topological polar surface area (TPSA) is 71.2 Å². The Bertz CT molecular complexity index is 1350. The highest BCUT2D eigenvalue weighted by Gasteiger charge is 2.34. The van der Waals surface area contributed by atoms with Crippen LogP contribution in [0.5, 0.6) is 0 Å². The Balaban J connectivity index is 1.53. The van der Waals surface area contributed by atoms with E-state index in [2.05, 4.69) is 27.0 Å². The van der Waals surface area contributed by atoms with Gasteiger partial charge >= 0.3 is 6.18 Å². The summed E-state index contributed by atoms with van der Waals surface area (Å²) >= 11 is 0. The van der Waals surface area contributed by atoms with E-state index in [1.165, 1.54) is 30.5 Å². The number of piperidine rings is 1. The lowest BCUT2D eigenvalue weighted by Crippen LogP contribution is -2.31. The molecule has 1 amide bonds. The molecule has 4 rings (SSSR count). The second-order valence-corrected chi connectivity index (χ2v) is 9.16. The number of pyridine rings is 1. The largest absolute Gasteiger partial charge is 0.416 e. The van der Waals surface area contributed by atoms with Crippen molar-refractivity contribution in [2.45, 2.75) is 25.4 Å². The van der Waals surface area contributed by atoms with Crippen LogP contribution in [0.1, 0.15) is 45.5 Å². The zero-order valence-corrected chi connectivity index (χ0v) is 20.2. The van der Waals surface area contributed by atoms with Gasteiger partial charge in [-0.3, -0.25) is 4.79 Å². The van der Waals surface area contributed by atoms with Gasteiger partial charge in [-0.05, 0) is 93.3 Å². The molecule has 1 aliphatic rings. The van der Waals surface area contributed by atoms with E-state index in [1.807, 2.05) is 7.05 Å². The standard InChI is InChI=1S/C28H26F4N4O/c1-36-13-10-18(11-14-36)15-20-6-8-23(17-24(20)28(30,31)32)35-27(37)22-7-9-25(29)21(16-22)5-4-19-3-2-12-34-26(19)33/h2-3,6-9,12,16-18H,10-11,13-15H2,1H3,(H2,33,34)(H,35,37). The third-order valence-electron chi connectivity index (χ3n) is 6.42. The minimum atomic E-state index is -4.56. The molecule has 0 saturated carbocycles. The first kappa shape index (κ1) is 26.2. The molecule has 0 bridgehead atoms. The van der Waals surface area contributed by atoms with Crippen LogP contribution in [0.15, 0.2) is 54.7 Å². The maximum atomic E-state index is 14.3. The molecule has 1 aromatic heterocycles. The second kappa shape index (κ2) is 11.0. The van der Waals surface area contributed by atoms with Gasteiger partial charge in [0, 0.05) is 17.4 Å². The summed E-state index contributed by atoms with van der Waals surface area (Å²) < 4.78 is 55.9. The number of nitrogens with one attached hydrogen (secondary N) is 1. The lowest BCUT2D eigenvalue weighted by molar-refractivity contribution is -0.138. The van der Waals surface area contributed by atoms with Gasteiger partial charge in [-0.1, -0.05) is 17.9 Å². The summed E-state index contributed by atoms with van der Waals surface area (Å²) in [6, 6.07) is 10.7. The lowest BCUT2D eigenvalue weighted by Gasteiger charge is -2.29. The Labute approximate surface area is 212 Å². The van der Waals surface area contributed by atoms with E-state index in [9.17, 15) is 22.4 Å². The molecule has 0 radical (unpaired) electrons. The van der Waals surface area contributed by atoms with Crippen molar-refractivity contribution in [2.24, 2.45) is 5.92 Å². The minimum Gasteiger partial charge on any atom is -0.383 e. The van der Waals surface area contributed by atoms with Gasteiger partial charge in [0.05, 0.1) is 16.7 Å². The molecular formula is C28H26F4N4O. The van der Waals surface area contributed by atoms with Crippen molar-refractivity contribution in [3.63, 3.8) is 0 Å². The van der Waals surface area contributed by atoms with Crippen LogP contribution in [0.3, 0.4) is 0 Å². The van der Waals surface area contributed by atoms with Crippen LogP contribution < -0.4 is 11.1 Å². The molecule has 1 saturated heterocycles. The van der Waals surface area contributed by atoms with Crippen LogP contribution in [-0.4, -0.2) is 35.9 Å². The van der Waals surface area contributed by atoms with Crippen molar-refractivity contribution in [1.82, 2.24) is 9.88 Å². The third kappa shape index (κ3) is 6.66. The molecule has 5 nitrogen and oxygen atoms in total. The molecule has 2 aromatic carbocycles. The molecule has 3 N–H and O–H groups in total. The summed E-state index contributed by atoms with van der Waals surface area (Å²) in [6.07, 6.45) is -1.05. The van der Waals surface area contributed by atoms with Crippen LogP contribution in [0.4, 0.5) is 29.1 Å². The van der Waals surface area contributed by atoms with Crippen LogP contribution in [0.25, 0.3) is 0 Å². The van der Waals surface area contributed by atoms with Gasteiger partial charge in [-0.2, -0.15) is 13.2 Å². The van der Waals surface area contributed by atoms with Gasteiger partial charge in [0.1, 0.15) is 11.6 Å². The monoisotopic (exact) mass is 510 g/mol. The molecule has 1 aliphatic heterocycles. The summed E-state index contributed by atoms with van der Waals surface area (Å²) in [5, 5.41) is 2.49. The number of rotatable bonds is 4. The molecule has 0 atom stereocenters. The first-order valence-corrected chi connectivity index (χ1v) is 11.8. The number of alkyl halides is 3. The van der Waals surface area contributed by atoms with Gasteiger partial charge in [-0.15, -0.1) is 0 Å². The number of aromatic nitrogens is 1. The molecule has 37 heavy (non-hydrogen) atoms.